The van der Waals surface area contributed by atoms with Gasteiger partial charge in [-0.1, -0.05) is 19.1 Å². The molecule has 9 heteroatoms. The molecule has 3 fully saturated rings. The number of carbonyl (C=O) groups is 3. The van der Waals surface area contributed by atoms with E-state index in [-0.39, 0.29) is 44.0 Å². The summed E-state index contributed by atoms with van der Waals surface area (Å²) < 4.78 is 12.5. The summed E-state index contributed by atoms with van der Waals surface area (Å²) in [6.45, 7) is 17.9. The fraction of sp³-hybridized carbons (Fsp3) is 0.606. The monoisotopic (exact) mass is 581 g/mol. The Labute approximate surface area is 250 Å². The fourth-order valence-corrected chi connectivity index (χ4v) is 7.38. The van der Waals surface area contributed by atoms with Crippen LogP contribution in [0.25, 0.3) is 0 Å². The second kappa shape index (κ2) is 13.0. The zero-order valence-corrected chi connectivity index (χ0v) is 25.6. The molecular formula is C33H47N3O6. The van der Waals surface area contributed by atoms with Gasteiger partial charge in [-0.2, -0.15) is 0 Å². The highest BCUT2D eigenvalue weighted by molar-refractivity contribution is 6.05. The van der Waals surface area contributed by atoms with E-state index in [0.717, 1.165) is 25.2 Å². The Balaban J connectivity index is 1.73. The van der Waals surface area contributed by atoms with Crippen LogP contribution in [0.4, 0.5) is 11.4 Å². The normalized spacial score (nSPS) is 29.4. The largest absolute Gasteiger partial charge is 0.465 e. The van der Waals surface area contributed by atoms with Crippen LogP contribution in [-0.2, 0) is 23.9 Å². The number of rotatable bonds is 15. The summed E-state index contributed by atoms with van der Waals surface area (Å²) in [5.74, 6) is -2.78. The molecule has 3 aliphatic rings. The fourth-order valence-electron chi connectivity index (χ4n) is 7.38. The van der Waals surface area contributed by atoms with Crippen LogP contribution < -0.4 is 9.80 Å². The second-order valence-electron chi connectivity index (χ2n) is 11.8. The number of fused-ring (bicyclic) bond motifs is 1. The SMILES string of the molecule is C=CCCCOC(=O)[C@H]1[C@H]2C(=O)N(CCCO)C(C(=O)N(CC=C)c3ccc(N(CC)CC)cc3)C23CC(C)[C@]1(C)O3. The minimum atomic E-state index is -1.18. The molecular weight excluding hydrogens is 534 g/mol. The molecule has 1 aromatic carbocycles. The lowest BCUT2D eigenvalue weighted by molar-refractivity contribution is -0.161. The maximum Gasteiger partial charge on any atom is 0.312 e. The van der Waals surface area contributed by atoms with Gasteiger partial charge in [0.15, 0.2) is 0 Å². The van der Waals surface area contributed by atoms with Crippen LogP contribution in [0, 0.1) is 17.8 Å². The van der Waals surface area contributed by atoms with Gasteiger partial charge in [0, 0.05) is 44.2 Å². The van der Waals surface area contributed by atoms with Crippen molar-refractivity contribution in [3.05, 3.63) is 49.6 Å². The van der Waals surface area contributed by atoms with Crippen LogP contribution in [0.5, 0.6) is 0 Å². The topological polar surface area (TPSA) is 99.6 Å². The minimum Gasteiger partial charge on any atom is -0.465 e. The number of benzene rings is 1. The highest BCUT2D eigenvalue weighted by atomic mass is 16.6. The molecule has 2 bridgehead atoms. The number of nitrogens with zero attached hydrogens (tertiary/aromatic N) is 3. The zero-order valence-electron chi connectivity index (χ0n) is 25.6. The van der Waals surface area contributed by atoms with Gasteiger partial charge >= 0.3 is 5.97 Å². The van der Waals surface area contributed by atoms with Crippen LogP contribution >= 0.6 is 0 Å². The van der Waals surface area contributed by atoms with Gasteiger partial charge in [0.25, 0.3) is 5.91 Å². The van der Waals surface area contributed by atoms with E-state index in [1.807, 2.05) is 38.1 Å². The first kappa shape index (κ1) is 31.8. The van der Waals surface area contributed by atoms with E-state index in [0.29, 0.717) is 24.9 Å². The van der Waals surface area contributed by atoms with Crippen molar-refractivity contribution in [3.8, 4) is 0 Å². The third-order valence-electron chi connectivity index (χ3n) is 9.52. The molecule has 3 unspecified atom stereocenters. The number of ether oxygens (including phenoxy) is 2. The average molecular weight is 582 g/mol. The van der Waals surface area contributed by atoms with E-state index in [1.165, 1.54) is 0 Å². The first-order valence-corrected chi connectivity index (χ1v) is 15.3. The van der Waals surface area contributed by atoms with Gasteiger partial charge in [-0.25, -0.2) is 0 Å². The number of carbonyl (C=O) groups excluding carboxylic acids is 3. The van der Waals surface area contributed by atoms with Gasteiger partial charge in [-0.3, -0.25) is 14.4 Å². The van der Waals surface area contributed by atoms with E-state index in [2.05, 4.69) is 31.9 Å². The van der Waals surface area contributed by atoms with Gasteiger partial charge in [0.1, 0.15) is 17.6 Å². The van der Waals surface area contributed by atoms with Crippen LogP contribution in [0.15, 0.2) is 49.6 Å². The minimum absolute atomic E-state index is 0.0819. The van der Waals surface area contributed by atoms with Crippen molar-refractivity contribution < 1.29 is 29.0 Å². The van der Waals surface area contributed by atoms with E-state index in [1.54, 1.807) is 22.0 Å². The summed E-state index contributed by atoms with van der Waals surface area (Å²) in [4.78, 5) is 47.8. The highest BCUT2D eigenvalue weighted by Gasteiger charge is 2.80. The van der Waals surface area contributed by atoms with Crippen molar-refractivity contribution in [2.75, 3.05) is 49.2 Å². The van der Waals surface area contributed by atoms with Crippen LogP contribution in [-0.4, -0.2) is 84.4 Å². The molecule has 0 aliphatic carbocycles. The number of aliphatic hydroxyl groups excluding tert-OH is 1. The number of amides is 2. The number of anilines is 2. The molecule has 4 rings (SSSR count). The van der Waals surface area contributed by atoms with Gasteiger partial charge < -0.3 is 29.3 Å². The molecule has 6 atom stereocenters. The standard InChI is InChI=1S/C33H47N3O6/c1-7-11-12-21-41-31(40)27-26-29(38)36(19-13-20-37)28(33(26)22-23(5)32(27,6)42-33)30(39)35(18-8-2)25-16-14-24(15-17-25)34(9-3)10-4/h7-8,14-17,23,26-28,37H,1-2,9-13,18-22H2,3-6H3/t23?,26-,27+,28?,32-,33?/m0/s1. The Bertz CT molecular complexity index is 1170. The Morgan fingerprint density at radius 3 is 2.40 bits per heavy atom. The Morgan fingerprint density at radius 1 is 1.14 bits per heavy atom. The highest BCUT2D eigenvalue weighted by Crippen LogP contribution is 2.65. The number of allylic oxidation sites excluding steroid dienone is 1. The van der Waals surface area contributed by atoms with Gasteiger partial charge in [-0.05, 0) is 76.6 Å². The molecule has 9 nitrogen and oxygen atoms in total. The maximum absolute atomic E-state index is 14.6. The third kappa shape index (κ3) is 5.26. The molecule has 0 saturated carbocycles. The summed E-state index contributed by atoms with van der Waals surface area (Å²) in [5, 5.41) is 9.65. The Morgan fingerprint density at radius 2 is 1.81 bits per heavy atom. The lowest BCUT2D eigenvalue weighted by Gasteiger charge is -2.37. The molecule has 42 heavy (non-hydrogen) atoms. The number of hydrogen-bond donors (Lipinski definition) is 1. The van der Waals surface area contributed by atoms with E-state index >= 15 is 0 Å². The predicted octanol–water partition coefficient (Wildman–Crippen LogP) is 3.95. The van der Waals surface area contributed by atoms with Crippen LogP contribution in [0.2, 0.25) is 0 Å². The summed E-state index contributed by atoms with van der Waals surface area (Å²) >= 11 is 0. The number of unbranched alkanes of at least 4 members (excludes halogenated alkanes) is 1. The van der Waals surface area contributed by atoms with Gasteiger partial charge in [0.2, 0.25) is 5.91 Å². The van der Waals surface area contributed by atoms with Crippen molar-refractivity contribution in [2.24, 2.45) is 17.8 Å². The van der Waals surface area contributed by atoms with Crippen molar-refractivity contribution >= 4 is 29.2 Å². The predicted molar refractivity (Wildman–Crippen MR) is 163 cm³/mol. The summed E-state index contributed by atoms with van der Waals surface area (Å²) in [6.07, 6.45) is 5.58. The van der Waals surface area contributed by atoms with E-state index in [9.17, 15) is 19.5 Å². The van der Waals surface area contributed by atoms with Crippen molar-refractivity contribution in [3.63, 3.8) is 0 Å². The number of likely N-dealkylation sites (tertiary alicyclic amines) is 1. The molecule has 0 aromatic heterocycles. The number of hydrogen-bond acceptors (Lipinski definition) is 7. The smallest absolute Gasteiger partial charge is 0.312 e. The van der Waals surface area contributed by atoms with Crippen molar-refractivity contribution in [1.82, 2.24) is 4.90 Å². The van der Waals surface area contributed by atoms with Gasteiger partial charge in [-0.15, -0.1) is 13.2 Å². The molecule has 3 heterocycles. The Hall–Kier alpha value is -3.17. The third-order valence-corrected chi connectivity index (χ3v) is 9.52. The first-order valence-electron chi connectivity index (χ1n) is 15.3. The molecule has 3 saturated heterocycles. The van der Waals surface area contributed by atoms with E-state index in [4.69, 9.17) is 9.47 Å². The Kier molecular flexibility index (Phi) is 9.83. The molecule has 3 aliphatic heterocycles. The zero-order chi connectivity index (χ0) is 30.7. The first-order chi connectivity index (χ1) is 20.1. The molecule has 1 N–H and O–H groups in total. The van der Waals surface area contributed by atoms with Crippen LogP contribution in [0.1, 0.15) is 53.4 Å². The number of aliphatic hydroxyl groups is 1. The summed E-state index contributed by atoms with van der Waals surface area (Å²) in [5.41, 5.74) is -0.367. The lowest BCUT2D eigenvalue weighted by atomic mass is 9.62. The molecule has 0 radical (unpaired) electrons. The molecule has 1 spiro atoms. The van der Waals surface area contributed by atoms with E-state index < -0.39 is 35.0 Å². The number of esters is 1. The summed E-state index contributed by atoms with van der Waals surface area (Å²) in [6, 6.07) is 6.87. The van der Waals surface area contributed by atoms with Crippen molar-refractivity contribution in [1.29, 1.82) is 0 Å². The molecule has 1 aromatic rings. The lowest BCUT2D eigenvalue weighted by Crippen LogP contribution is -2.57. The van der Waals surface area contributed by atoms with Gasteiger partial charge in [0.05, 0.1) is 18.1 Å². The van der Waals surface area contributed by atoms with Crippen LogP contribution in [0.3, 0.4) is 0 Å². The second-order valence-corrected chi connectivity index (χ2v) is 11.8. The molecule has 230 valence electrons. The van der Waals surface area contributed by atoms with Crippen molar-refractivity contribution in [2.45, 2.75) is 70.6 Å². The quantitative estimate of drug-likeness (QED) is 0.190. The summed E-state index contributed by atoms with van der Waals surface area (Å²) in [7, 11) is 0. The molecule has 2 amide bonds. The average Bonchev–Trinajstić information content (AvgIpc) is 3.49. The maximum atomic E-state index is 14.6.